The van der Waals surface area contributed by atoms with Crippen molar-refractivity contribution in [3.63, 3.8) is 0 Å². The van der Waals surface area contributed by atoms with Gasteiger partial charge in [0.1, 0.15) is 10.9 Å². The second kappa shape index (κ2) is 4.50. The lowest BCUT2D eigenvalue weighted by molar-refractivity contribution is -0.147. The second-order valence-corrected chi connectivity index (χ2v) is 4.86. The molecule has 0 aliphatic rings. The molecule has 0 amide bonds. The summed E-state index contributed by atoms with van der Waals surface area (Å²) in [4.78, 5) is 28.1. The third-order valence-corrected chi connectivity index (χ3v) is 3.02. The van der Waals surface area contributed by atoms with Crippen molar-refractivity contribution in [2.24, 2.45) is 5.41 Å². The molecule has 0 aliphatic heterocycles. The molecular weight excluding hydrogens is 246 g/mol. The van der Waals surface area contributed by atoms with Gasteiger partial charge in [0.25, 0.3) is 0 Å². The fourth-order valence-electron chi connectivity index (χ4n) is 1.89. The molecule has 1 heterocycles. The van der Waals surface area contributed by atoms with Gasteiger partial charge >= 0.3 is 5.97 Å². The van der Waals surface area contributed by atoms with Crippen molar-refractivity contribution in [3.8, 4) is 0 Å². The lowest BCUT2D eigenvalue weighted by Gasteiger charge is -2.19. The predicted octanol–water partition coefficient (Wildman–Crippen LogP) is 2.52. The Bertz CT molecular complexity index is 655. The molecule has 0 aliphatic carbocycles. The van der Waals surface area contributed by atoms with Gasteiger partial charge in [-0.2, -0.15) is 0 Å². The lowest BCUT2D eigenvalue weighted by atomic mass is 9.84. The van der Waals surface area contributed by atoms with E-state index in [9.17, 15) is 9.59 Å². The fraction of sp³-hybridized carbons (Fsp3) is 0.357. The molecule has 100 valence electrons. The summed E-state index contributed by atoms with van der Waals surface area (Å²) in [7, 11) is 1.26. The van der Waals surface area contributed by atoms with E-state index in [4.69, 9.17) is 4.42 Å². The van der Waals surface area contributed by atoms with Crippen molar-refractivity contribution in [1.29, 1.82) is 0 Å². The van der Waals surface area contributed by atoms with Crippen molar-refractivity contribution in [3.05, 3.63) is 29.7 Å². The van der Waals surface area contributed by atoms with Crippen LogP contribution in [0.4, 0.5) is 0 Å². The molecule has 0 bridgehead atoms. The van der Waals surface area contributed by atoms with E-state index in [1.54, 1.807) is 25.1 Å². The molecule has 1 aromatic heterocycles. The van der Waals surface area contributed by atoms with Gasteiger partial charge in [0.2, 0.25) is 0 Å². The highest BCUT2D eigenvalue weighted by Crippen LogP contribution is 2.26. The van der Waals surface area contributed by atoms with Gasteiger partial charge < -0.3 is 9.15 Å². The number of hydrogen-bond acceptors (Lipinski definition) is 5. The number of carbonyl (C=O) groups is 2. The molecule has 1 aromatic carbocycles. The molecule has 0 fully saturated rings. The number of Topliss-reactive ketones (excluding diaryl/α,β-unsaturated/α-hetero) is 1. The number of esters is 1. The van der Waals surface area contributed by atoms with Gasteiger partial charge in [0.05, 0.1) is 7.11 Å². The lowest BCUT2D eigenvalue weighted by Crippen LogP contribution is -2.34. The van der Waals surface area contributed by atoms with Crippen LogP contribution in [0.2, 0.25) is 0 Å². The quantitative estimate of drug-likeness (QED) is 0.482. The Morgan fingerprint density at radius 1 is 1.32 bits per heavy atom. The minimum Gasteiger partial charge on any atom is -0.468 e. The van der Waals surface area contributed by atoms with Gasteiger partial charge in [-0.25, -0.2) is 4.98 Å². The largest absolute Gasteiger partial charge is 0.468 e. The minimum atomic E-state index is -1.22. The summed E-state index contributed by atoms with van der Waals surface area (Å²) in [5, 5.41) is 0. The van der Waals surface area contributed by atoms with Crippen LogP contribution in [-0.2, 0) is 9.53 Å². The molecule has 0 radical (unpaired) electrons. The predicted molar refractivity (Wildman–Crippen MR) is 68.9 cm³/mol. The number of rotatable bonds is 3. The molecule has 5 heteroatoms. The van der Waals surface area contributed by atoms with E-state index in [2.05, 4.69) is 9.72 Å². The smallest absolute Gasteiger partial charge is 0.319 e. The first-order valence-corrected chi connectivity index (χ1v) is 5.86. The Hall–Kier alpha value is -2.17. The van der Waals surface area contributed by atoms with E-state index in [-0.39, 0.29) is 5.78 Å². The standard InChI is InChI=1S/C14H15NO4/c1-8-15-10-6-5-9(7-11(10)19-8)12(16)14(2,3)13(17)18-4/h5-7H,1-4H3. The number of carbonyl (C=O) groups excluding carboxylic acids is 2. The van der Waals surface area contributed by atoms with E-state index in [1.165, 1.54) is 21.0 Å². The molecule has 0 saturated heterocycles. The Labute approximate surface area is 110 Å². The van der Waals surface area contributed by atoms with Crippen LogP contribution in [0, 0.1) is 12.3 Å². The summed E-state index contributed by atoms with van der Waals surface area (Å²) in [6.07, 6.45) is 0. The summed E-state index contributed by atoms with van der Waals surface area (Å²) in [6.45, 7) is 4.81. The third kappa shape index (κ3) is 2.23. The van der Waals surface area contributed by atoms with E-state index < -0.39 is 11.4 Å². The van der Waals surface area contributed by atoms with Crippen LogP contribution >= 0.6 is 0 Å². The number of nitrogens with zero attached hydrogens (tertiary/aromatic N) is 1. The minimum absolute atomic E-state index is 0.310. The summed E-state index contributed by atoms with van der Waals surface area (Å²) >= 11 is 0. The molecule has 0 atom stereocenters. The van der Waals surface area contributed by atoms with Crippen molar-refractivity contribution in [2.45, 2.75) is 20.8 Å². The molecule has 2 rings (SSSR count). The first-order chi connectivity index (χ1) is 8.86. The van der Waals surface area contributed by atoms with Crippen LogP contribution in [0.25, 0.3) is 11.1 Å². The van der Waals surface area contributed by atoms with E-state index in [1.807, 2.05) is 0 Å². The second-order valence-electron chi connectivity index (χ2n) is 4.86. The van der Waals surface area contributed by atoms with Crippen LogP contribution in [0.15, 0.2) is 22.6 Å². The van der Waals surface area contributed by atoms with Crippen molar-refractivity contribution < 1.29 is 18.7 Å². The first kappa shape index (κ1) is 13.3. The third-order valence-electron chi connectivity index (χ3n) is 3.02. The van der Waals surface area contributed by atoms with Crippen molar-refractivity contribution in [2.75, 3.05) is 7.11 Å². The van der Waals surface area contributed by atoms with Crippen LogP contribution in [0.5, 0.6) is 0 Å². The number of aromatic nitrogens is 1. The summed E-state index contributed by atoms with van der Waals surface area (Å²) in [5.41, 5.74) is 0.394. The summed E-state index contributed by atoms with van der Waals surface area (Å²) in [6, 6.07) is 4.94. The van der Waals surface area contributed by atoms with Crippen LogP contribution in [0.3, 0.4) is 0 Å². The maximum Gasteiger partial charge on any atom is 0.319 e. The number of aryl methyl sites for hydroxylation is 1. The SMILES string of the molecule is COC(=O)C(C)(C)C(=O)c1ccc2nc(C)oc2c1. The summed E-state index contributed by atoms with van der Waals surface area (Å²) < 4.78 is 10.0. The zero-order chi connectivity index (χ0) is 14.2. The molecule has 0 saturated carbocycles. The molecule has 0 N–H and O–H groups in total. The first-order valence-electron chi connectivity index (χ1n) is 5.86. The molecule has 0 unspecified atom stereocenters. The number of ketones is 1. The van der Waals surface area contributed by atoms with E-state index in [0.717, 1.165) is 0 Å². The Balaban J connectivity index is 2.43. The molecule has 0 spiro atoms. The Morgan fingerprint density at radius 2 is 2.00 bits per heavy atom. The number of hydrogen-bond donors (Lipinski definition) is 0. The highest BCUT2D eigenvalue weighted by Gasteiger charge is 2.37. The maximum atomic E-state index is 12.4. The highest BCUT2D eigenvalue weighted by molar-refractivity contribution is 6.12. The number of ether oxygens (including phenoxy) is 1. The molecule has 2 aromatic rings. The average molecular weight is 261 g/mol. The van der Waals surface area contributed by atoms with Crippen molar-refractivity contribution in [1.82, 2.24) is 4.98 Å². The van der Waals surface area contributed by atoms with Gasteiger partial charge in [-0.3, -0.25) is 9.59 Å². The number of oxazole rings is 1. The van der Waals surface area contributed by atoms with Gasteiger partial charge in [0.15, 0.2) is 17.3 Å². The van der Waals surface area contributed by atoms with Gasteiger partial charge in [-0.15, -0.1) is 0 Å². The van der Waals surface area contributed by atoms with Gasteiger partial charge in [0, 0.05) is 12.5 Å². The van der Waals surface area contributed by atoms with E-state index in [0.29, 0.717) is 22.6 Å². The number of methoxy groups -OCH3 is 1. The van der Waals surface area contributed by atoms with Gasteiger partial charge in [-0.05, 0) is 32.0 Å². The Morgan fingerprint density at radius 3 is 2.63 bits per heavy atom. The van der Waals surface area contributed by atoms with Crippen molar-refractivity contribution >= 4 is 22.9 Å². The number of benzene rings is 1. The zero-order valence-corrected chi connectivity index (χ0v) is 11.3. The Kier molecular flexibility index (Phi) is 3.14. The van der Waals surface area contributed by atoms with Crippen LogP contribution in [0.1, 0.15) is 30.1 Å². The van der Waals surface area contributed by atoms with E-state index >= 15 is 0 Å². The van der Waals surface area contributed by atoms with Crippen LogP contribution < -0.4 is 0 Å². The number of fused-ring (bicyclic) bond motifs is 1. The van der Waals surface area contributed by atoms with Crippen LogP contribution in [-0.4, -0.2) is 23.8 Å². The van der Waals surface area contributed by atoms with Gasteiger partial charge in [-0.1, -0.05) is 0 Å². The molecule has 5 nitrogen and oxygen atoms in total. The molecular formula is C14H15NO4. The zero-order valence-electron chi connectivity index (χ0n) is 11.3. The topological polar surface area (TPSA) is 69.4 Å². The fourth-order valence-corrected chi connectivity index (χ4v) is 1.89. The normalized spacial score (nSPS) is 11.6. The molecule has 19 heavy (non-hydrogen) atoms. The monoisotopic (exact) mass is 261 g/mol. The highest BCUT2D eigenvalue weighted by atomic mass is 16.5. The average Bonchev–Trinajstić information content (AvgIpc) is 2.75. The maximum absolute atomic E-state index is 12.4. The summed E-state index contributed by atoms with van der Waals surface area (Å²) in [5.74, 6) is -0.339.